The van der Waals surface area contributed by atoms with Gasteiger partial charge >= 0.3 is 6.18 Å². The van der Waals surface area contributed by atoms with Gasteiger partial charge in [0.2, 0.25) is 0 Å². The molecule has 0 spiro atoms. The van der Waals surface area contributed by atoms with E-state index in [0.29, 0.717) is 30.0 Å². The van der Waals surface area contributed by atoms with Crippen LogP contribution in [0.2, 0.25) is 0 Å². The molecule has 1 aliphatic carbocycles. The summed E-state index contributed by atoms with van der Waals surface area (Å²) in [6.07, 6.45) is -0.935. The van der Waals surface area contributed by atoms with Gasteiger partial charge in [-0.05, 0) is 55.7 Å². The van der Waals surface area contributed by atoms with Crippen molar-refractivity contribution in [3.8, 4) is 11.9 Å². The lowest BCUT2D eigenvalue weighted by molar-refractivity contribution is -0.137. The molecule has 1 aliphatic rings. The highest BCUT2D eigenvalue weighted by atomic mass is 19.4. The van der Waals surface area contributed by atoms with Crippen LogP contribution in [0.5, 0.6) is 0 Å². The van der Waals surface area contributed by atoms with Crippen LogP contribution in [0.25, 0.3) is 5.82 Å². The van der Waals surface area contributed by atoms with Crippen molar-refractivity contribution < 1.29 is 23.1 Å². The molecule has 1 fully saturated rings. The van der Waals surface area contributed by atoms with Crippen molar-refractivity contribution in [1.82, 2.24) is 25.1 Å². The molecule has 11 heteroatoms. The summed E-state index contributed by atoms with van der Waals surface area (Å²) in [6, 6.07) is 7.46. The van der Waals surface area contributed by atoms with E-state index in [-0.39, 0.29) is 17.5 Å². The summed E-state index contributed by atoms with van der Waals surface area (Å²) in [5.41, 5.74) is -1.52. The van der Waals surface area contributed by atoms with Crippen molar-refractivity contribution in [3.63, 3.8) is 0 Å². The van der Waals surface area contributed by atoms with Crippen LogP contribution in [0.1, 0.15) is 58.7 Å². The van der Waals surface area contributed by atoms with Gasteiger partial charge in [-0.3, -0.25) is 4.79 Å². The number of benzene rings is 1. The minimum atomic E-state index is -4.63. The lowest BCUT2D eigenvalue weighted by Gasteiger charge is -2.17. The van der Waals surface area contributed by atoms with Crippen LogP contribution in [-0.4, -0.2) is 36.4 Å². The second-order valence-corrected chi connectivity index (χ2v) is 8.06. The molecule has 0 bridgehead atoms. The number of hydrogen-bond acceptors (Lipinski definition) is 6. The second kappa shape index (κ2) is 8.29. The summed E-state index contributed by atoms with van der Waals surface area (Å²) >= 11 is 0. The first kappa shape index (κ1) is 22.4. The number of nitriles is 1. The summed E-state index contributed by atoms with van der Waals surface area (Å²) in [4.78, 5) is 21.1. The van der Waals surface area contributed by atoms with Crippen LogP contribution in [-0.2, 0) is 12.6 Å². The number of pyridine rings is 1. The zero-order valence-corrected chi connectivity index (χ0v) is 17.5. The Morgan fingerprint density at radius 3 is 2.67 bits per heavy atom. The Morgan fingerprint density at radius 2 is 2.06 bits per heavy atom. The van der Waals surface area contributed by atoms with Crippen molar-refractivity contribution in [2.75, 3.05) is 0 Å². The standard InChI is InChI=1S/C22H19F3N6O2/c1-13(19-28-12-29-31(19)18-3-2-14(10-26)11-27-18)30-20(32)16-6-15(9-21(33)4-5-21)7-17(8-16)22(23,24)25/h2-3,6-8,11-13,33H,4-5,9H2,1H3,(H,30,32). The van der Waals surface area contributed by atoms with Crippen LogP contribution in [0.4, 0.5) is 13.2 Å². The minimum Gasteiger partial charge on any atom is -0.390 e. The molecular formula is C22H19F3N6O2. The van der Waals surface area contributed by atoms with E-state index in [1.807, 2.05) is 6.07 Å². The molecule has 8 nitrogen and oxygen atoms in total. The summed E-state index contributed by atoms with van der Waals surface area (Å²) < 4.78 is 41.6. The Hall–Kier alpha value is -3.78. The number of carbonyl (C=O) groups is 1. The summed E-state index contributed by atoms with van der Waals surface area (Å²) in [7, 11) is 0. The van der Waals surface area contributed by atoms with E-state index < -0.39 is 29.3 Å². The summed E-state index contributed by atoms with van der Waals surface area (Å²) in [5.74, 6) is -0.0540. The molecule has 33 heavy (non-hydrogen) atoms. The van der Waals surface area contributed by atoms with E-state index in [2.05, 4.69) is 20.4 Å². The normalized spacial score (nSPS) is 15.5. The first-order chi connectivity index (χ1) is 15.6. The van der Waals surface area contributed by atoms with Crippen molar-refractivity contribution in [3.05, 3.63) is 70.9 Å². The van der Waals surface area contributed by atoms with Gasteiger partial charge in [0.05, 0.1) is 22.8 Å². The Labute approximate surface area is 186 Å². The van der Waals surface area contributed by atoms with E-state index in [9.17, 15) is 23.1 Å². The molecular weight excluding hydrogens is 437 g/mol. The average molecular weight is 456 g/mol. The van der Waals surface area contributed by atoms with Crippen LogP contribution in [0.15, 0.2) is 42.9 Å². The first-order valence-electron chi connectivity index (χ1n) is 10.1. The lowest BCUT2D eigenvalue weighted by atomic mass is 9.99. The number of rotatable bonds is 6. The number of aliphatic hydroxyl groups is 1. The van der Waals surface area contributed by atoms with Gasteiger partial charge in [-0.15, -0.1) is 0 Å². The van der Waals surface area contributed by atoms with E-state index in [0.717, 1.165) is 12.1 Å². The Morgan fingerprint density at radius 1 is 1.30 bits per heavy atom. The topological polar surface area (TPSA) is 117 Å². The first-order valence-corrected chi connectivity index (χ1v) is 10.1. The molecule has 3 aromatic rings. The van der Waals surface area contributed by atoms with E-state index in [4.69, 9.17) is 5.26 Å². The SMILES string of the molecule is CC(NC(=O)c1cc(CC2(O)CC2)cc(C(F)(F)F)c1)c1ncnn1-c1ccc(C#N)cn1. The predicted molar refractivity (Wildman–Crippen MR) is 109 cm³/mol. The molecule has 1 amide bonds. The molecule has 1 unspecified atom stereocenters. The maximum atomic E-state index is 13.4. The van der Waals surface area contributed by atoms with Gasteiger partial charge in [0, 0.05) is 18.2 Å². The lowest BCUT2D eigenvalue weighted by Crippen LogP contribution is -2.29. The minimum absolute atomic E-state index is 0.0471. The van der Waals surface area contributed by atoms with Crippen LogP contribution in [0.3, 0.4) is 0 Å². The molecule has 1 aromatic carbocycles. The highest BCUT2D eigenvalue weighted by Gasteiger charge is 2.41. The summed E-state index contributed by atoms with van der Waals surface area (Å²) in [6.45, 7) is 1.61. The van der Waals surface area contributed by atoms with Gasteiger partial charge in [0.25, 0.3) is 5.91 Å². The number of aromatic nitrogens is 4. The number of alkyl halides is 3. The number of halogens is 3. The molecule has 2 heterocycles. The highest BCUT2D eigenvalue weighted by Crippen LogP contribution is 2.39. The fourth-order valence-electron chi connectivity index (χ4n) is 3.43. The zero-order valence-electron chi connectivity index (χ0n) is 17.5. The van der Waals surface area contributed by atoms with Gasteiger partial charge in [-0.2, -0.15) is 28.2 Å². The Kier molecular flexibility index (Phi) is 5.63. The maximum absolute atomic E-state index is 13.4. The smallest absolute Gasteiger partial charge is 0.390 e. The van der Waals surface area contributed by atoms with Gasteiger partial charge in [0.15, 0.2) is 11.6 Å². The third-order valence-corrected chi connectivity index (χ3v) is 5.35. The quantitative estimate of drug-likeness (QED) is 0.589. The molecule has 2 aromatic heterocycles. The fourth-order valence-corrected chi connectivity index (χ4v) is 3.43. The van der Waals surface area contributed by atoms with Crippen LogP contribution >= 0.6 is 0 Å². The molecule has 0 radical (unpaired) electrons. The fraction of sp³-hybridized carbons (Fsp3) is 0.318. The van der Waals surface area contributed by atoms with E-state index in [1.54, 1.807) is 19.1 Å². The number of nitrogens with zero attached hydrogens (tertiary/aromatic N) is 5. The maximum Gasteiger partial charge on any atom is 0.416 e. The van der Waals surface area contributed by atoms with Gasteiger partial charge in [-0.25, -0.2) is 9.97 Å². The van der Waals surface area contributed by atoms with Crippen LogP contribution < -0.4 is 5.32 Å². The average Bonchev–Trinajstić information content (AvgIpc) is 3.29. The largest absolute Gasteiger partial charge is 0.416 e. The number of hydrogen-bond donors (Lipinski definition) is 2. The predicted octanol–water partition coefficient (Wildman–Crippen LogP) is 3.11. The highest BCUT2D eigenvalue weighted by molar-refractivity contribution is 5.94. The molecule has 1 atom stereocenters. The van der Waals surface area contributed by atoms with Crippen molar-refractivity contribution in [2.24, 2.45) is 0 Å². The molecule has 4 rings (SSSR count). The van der Waals surface area contributed by atoms with Crippen molar-refractivity contribution in [2.45, 2.75) is 44.0 Å². The Balaban J connectivity index is 1.58. The number of nitrogens with one attached hydrogen (secondary N) is 1. The number of amides is 1. The van der Waals surface area contributed by atoms with Crippen molar-refractivity contribution in [1.29, 1.82) is 5.26 Å². The van der Waals surface area contributed by atoms with E-state index in [1.165, 1.54) is 23.3 Å². The second-order valence-electron chi connectivity index (χ2n) is 8.06. The summed E-state index contributed by atoms with van der Waals surface area (Å²) in [5, 5.41) is 25.8. The Bertz CT molecular complexity index is 1230. The van der Waals surface area contributed by atoms with Gasteiger partial charge in [-0.1, -0.05) is 0 Å². The molecule has 0 saturated heterocycles. The third kappa shape index (κ3) is 5.01. The van der Waals surface area contributed by atoms with Gasteiger partial charge in [0.1, 0.15) is 12.4 Å². The monoisotopic (exact) mass is 456 g/mol. The molecule has 1 saturated carbocycles. The van der Waals surface area contributed by atoms with Gasteiger partial charge < -0.3 is 10.4 Å². The third-order valence-electron chi connectivity index (χ3n) is 5.35. The zero-order chi connectivity index (χ0) is 23.8. The van der Waals surface area contributed by atoms with Crippen LogP contribution in [0, 0.1) is 11.3 Å². The van der Waals surface area contributed by atoms with Crippen molar-refractivity contribution >= 4 is 5.91 Å². The van der Waals surface area contributed by atoms with E-state index >= 15 is 0 Å². The molecule has 2 N–H and O–H groups in total. The molecule has 170 valence electrons. The number of carbonyl (C=O) groups excluding carboxylic acids is 1. The molecule has 0 aliphatic heterocycles.